The van der Waals surface area contributed by atoms with Gasteiger partial charge in [-0.15, -0.1) is 0 Å². The van der Waals surface area contributed by atoms with E-state index in [1.807, 2.05) is 0 Å². The van der Waals surface area contributed by atoms with Crippen molar-refractivity contribution in [1.29, 1.82) is 0 Å². The number of nitrogens with zero attached hydrogens (tertiary/aromatic N) is 4. The number of imidazole rings is 1. The van der Waals surface area contributed by atoms with E-state index in [0.29, 0.717) is 16.9 Å². The Kier molecular flexibility index (Phi) is 5.20. The minimum absolute atomic E-state index is 0.0403. The fourth-order valence-corrected chi connectivity index (χ4v) is 4.23. The Morgan fingerprint density at radius 2 is 1.87 bits per heavy atom. The maximum atomic E-state index is 13.3. The molecule has 0 aliphatic carbocycles. The Bertz CT molecular complexity index is 1400. The summed E-state index contributed by atoms with van der Waals surface area (Å²) in [6.07, 6.45) is -2.08. The zero-order valence-corrected chi connectivity index (χ0v) is 17.3. The minimum Gasteiger partial charge on any atom is -0.251 e. The summed E-state index contributed by atoms with van der Waals surface area (Å²) in [7, 11) is -2.53. The van der Waals surface area contributed by atoms with Crippen molar-refractivity contribution in [3.8, 4) is 22.5 Å². The number of halogens is 4. The van der Waals surface area contributed by atoms with Crippen LogP contribution in [0.25, 0.3) is 28.2 Å². The van der Waals surface area contributed by atoms with Crippen molar-refractivity contribution in [3.05, 3.63) is 65.6 Å². The van der Waals surface area contributed by atoms with Crippen molar-refractivity contribution < 1.29 is 21.6 Å². The van der Waals surface area contributed by atoms with Crippen LogP contribution in [0.2, 0.25) is 5.02 Å². The van der Waals surface area contributed by atoms with Crippen LogP contribution in [0.4, 0.5) is 13.2 Å². The maximum absolute atomic E-state index is 13.3. The lowest BCUT2D eigenvalue weighted by molar-refractivity contribution is -0.140. The molecule has 7 nitrogen and oxygen atoms in total. The summed E-state index contributed by atoms with van der Waals surface area (Å²) in [5.74, 6) is 0. The van der Waals surface area contributed by atoms with Gasteiger partial charge in [0.05, 0.1) is 22.6 Å². The van der Waals surface area contributed by atoms with Gasteiger partial charge in [0, 0.05) is 17.3 Å². The van der Waals surface area contributed by atoms with Crippen LogP contribution in [-0.2, 0) is 16.2 Å². The van der Waals surface area contributed by atoms with Crippen molar-refractivity contribution in [2.45, 2.75) is 11.1 Å². The van der Waals surface area contributed by atoms with Crippen LogP contribution in [0.5, 0.6) is 0 Å². The van der Waals surface area contributed by atoms with E-state index in [0.717, 1.165) is 6.20 Å². The third kappa shape index (κ3) is 3.99. The van der Waals surface area contributed by atoms with Crippen LogP contribution >= 0.6 is 11.6 Å². The van der Waals surface area contributed by atoms with Gasteiger partial charge in [0.15, 0.2) is 11.3 Å². The molecule has 0 atom stereocenters. The van der Waals surface area contributed by atoms with Crippen molar-refractivity contribution >= 4 is 27.3 Å². The van der Waals surface area contributed by atoms with Crippen LogP contribution in [0, 0.1) is 0 Å². The lowest BCUT2D eigenvalue weighted by atomic mass is 10.1. The van der Waals surface area contributed by atoms with Crippen molar-refractivity contribution in [2.75, 3.05) is 7.05 Å². The molecule has 0 unspecified atom stereocenters. The van der Waals surface area contributed by atoms with E-state index in [1.165, 1.54) is 54.2 Å². The summed E-state index contributed by atoms with van der Waals surface area (Å²) in [5, 5.41) is 4.27. The van der Waals surface area contributed by atoms with Gasteiger partial charge >= 0.3 is 6.18 Å². The van der Waals surface area contributed by atoms with Gasteiger partial charge in [-0.1, -0.05) is 17.7 Å². The second-order valence-electron chi connectivity index (χ2n) is 6.40. The molecule has 0 aliphatic rings. The molecular weight excluding hydrogens is 455 g/mol. The van der Waals surface area contributed by atoms with E-state index in [1.54, 1.807) is 6.07 Å². The molecular formula is C19H13ClF3N5O2S. The van der Waals surface area contributed by atoms with Gasteiger partial charge in [0.2, 0.25) is 10.0 Å². The quantitative estimate of drug-likeness (QED) is 0.489. The highest BCUT2D eigenvalue weighted by Gasteiger charge is 2.35. The summed E-state index contributed by atoms with van der Waals surface area (Å²) in [6.45, 7) is 0. The molecule has 4 aromatic rings. The molecule has 0 amide bonds. The monoisotopic (exact) mass is 467 g/mol. The molecule has 160 valence electrons. The van der Waals surface area contributed by atoms with Gasteiger partial charge < -0.3 is 0 Å². The zero-order chi connectivity index (χ0) is 22.4. The fraction of sp³-hybridized carbons (Fsp3) is 0.105. The number of fused-ring (bicyclic) bond motifs is 1. The van der Waals surface area contributed by atoms with Gasteiger partial charge in [-0.3, -0.25) is 4.98 Å². The SMILES string of the molecule is CNS(=O)(=O)c1cc(-c2cn3nc(-c4cccnc4C(F)(F)F)ccc3n2)ccc1Cl. The van der Waals surface area contributed by atoms with Crippen LogP contribution in [0.3, 0.4) is 0 Å². The largest absolute Gasteiger partial charge is 0.434 e. The van der Waals surface area contributed by atoms with E-state index < -0.39 is 21.9 Å². The average molecular weight is 468 g/mol. The van der Waals surface area contributed by atoms with Crippen LogP contribution in [0.15, 0.2) is 59.8 Å². The number of pyridine rings is 1. The lowest BCUT2D eigenvalue weighted by Crippen LogP contribution is -2.19. The topological polar surface area (TPSA) is 89.2 Å². The molecule has 0 bridgehead atoms. The average Bonchev–Trinajstić information content (AvgIpc) is 3.16. The summed E-state index contributed by atoms with van der Waals surface area (Å²) < 4.78 is 67.7. The van der Waals surface area contributed by atoms with E-state index in [2.05, 4.69) is 19.8 Å². The highest BCUT2D eigenvalue weighted by molar-refractivity contribution is 7.89. The Balaban J connectivity index is 1.81. The Morgan fingerprint density at radius 1 is 1.10 bits per heavy atom. The Morgan fingerprint density at radius 3 is 2.58 bits per heavy atom. The molecule has 0 fully saturated rings. The second kappa shape index (κ2) is 7.59. The number of rotatable bonds is 4. The number of sulfonamides is 1. The molecule has 0 aliphatic heterocycles. The lowest BCUT2D eigenvalue weighted by Gasteiger charge is -2.10. The number of benzene rings is 1. The maximum Gasteiger partial charge on any atom is 0.434 e. The van der Waals surface area contributed by atoms with Gasteiger partial charge in [0.25, 0.3) is 0 Å². The molecule has 1 aromatic carbocycles. The fourth-order valence-electron chi connectivity index (χ4n) is 2.98. The number of hydrogen-bond donors (Lipinski definition) is 1. The minimum atomic E-state index is -4.63. The highest BCUT2D eigenvalue weighted by atomic mass is 35.5. The molecule has 0 radical (unpaired) electrons. The Hall–Kier alpha value is -3.02. The van der Waals surface area contributed by atoms with Gasteiger partial charge in [-0.2, -0.15) is 18.3 Å². The Labute approximate surface area is 179 Å². The van der Waals surface area contributed by atoms with Crippen LogP contribution < -0.4 is 4.72 Å². The first-order valence-electron chi connectivity index (χ1n) is 8.72. The first-order valence-corrected chi connectivity index (χ1v) is 10.6. The predicted molar refractivity (Wildman–Crippen MR) is 108 cm³/mol. The van der Waals surface area contributed by atoms with Crippen LogP contribution in [-0.4, -0.2) is 35.0 Å². The summed E-state index contributed by atoms with van der Waals surface area (Å²) in [5.41, 5.74) is 0.0391. The molecule has 31 heavy (non-hydrogen) atoms. The first kappa shape index (κ1) is 21.2. The van der Waals surface area contributed by atoms with E-state index in [4.69, 9.17) is 11.6 Å². The number of alkyl halides is 3. The molecule has 3 heterocycles. The summed E-state index contributed by atoms with van der Waals surface area (Å²) in [4.78, 5) is 7.69. The first-order chi connectivity index (χ1) is 14.6. The number of hydrogen-bond acceptors (Lipinski definition) is 5. The smallest absolute Gasteiger partial charge is 0.251 e. The highest BCUT2D eigenvalue weighted by Crippen LogP contribution is 2.35. The molecule has 0 spiro atoms. The normalized spacial score (nSPS) is 12.4. The van der Waals surface area contributed by atoms with Crippen molar-refractivity contribution in [1.82, 2.24) is 24.3 Å². The second-order valence-corrected chi connectivity index (χ2v) is 8.66. The summed E-state index contributed by atoms with van der Waals surface area (Å²) >= 11 is 6.01. The molecule has 0 saturated heterocycles. The van der Waals surface area contributed by atoms with E-state index in [9.17, 15) is 21.6 Å². The summed E-state index contributed by atoms with van der Waals surface area (Å²) in [6, 6.07) is 9.98. The van der Waals surface area contributed by atoms with Crippen LogP contribution in [0.1, 0.15) is 5.69 Å². The predicted octanol–water partition coefficient (Wildman–Crippen LogP) is 4.04. The molecule has 4 rings (SSSR count). The van der Waals surface area contributed by atoms with Crippen molar-refractivity contribution in [2.24, 2.45) is 0 Å². The number of aromatic nitrogens is 4. The third-order valence-electron chi connectivity index (χ3n) is 4.46. The van der Waals surface area contributed by atoms with E-state index >= 15 is 0 Å². The van der Waals surface area contributed by atoms with E-state index in [-0.39, 0.29) is 21.2 Å². The standard InChI is InChI=1S/C19H13ClF3N5O2S/c1-24-31(29,30)16-9-11(4-5-13(16)20)15-10-28-17(26-15)7-6-14(27-28)12-3-2-8-25-18(12)19(21,22)23/h2-10,24H,1H3. The number of nitrogens with one attached hydrogen (secondary N) is 1. The third-order valence-corrected chi connectivity index (χ3v) is 6.35. The molecule has 3 aromatic heterocycles. The molecule has 12 heteroatoms. The zero-order valence-electron chi connectivity index (χ0n) is 15.7. The van der Waals surface area contributed by atoms with Crippen molar-refractivity contribution in [3.63, 3.8) is 0 Å². The molecule has 0 saturated carbocycles. The van der Waals surface area contributed by atoms with Gasteiger partial charge in [-0.25, -0.2) is 22.6 Å². The van der Waals surface area contributed by atoms with Gasteiger partial charge in [0.1, 0.15) is 4.90 Å². The molecule has 1 N–H and O–H groups in total. The van der Waals surface area contributed by atoms with Gasteiger partial charge in [-0.05, 0) is 43.4 Å².